The number of rotatable bonds is 6. The number of hydrogen-bond acceptors (Lipinski definition) is 4. The Labute approximate surface area is 163 Å². The van der Waals surface area contributed by atoms with Crippen molar-refractivity contribution < 1.29 is 13.9 Å². The van der Waals surface area contributed by atoms with Crippen molar-refractivity contribution in [1.29, 1.82) is 0 Å². The van der Waals surface area contributed by atoms with Crippen molar-refractivity contribution in [3.05, 3.63) is 75.0 Å². The van der Waals surface area contributed by atoms with Crippen LogP contribution in [0, 0.1) is 5.82 Å². The molecular formula is C18H13Cl2FN2O2S. The van der Waals surface area contributed by atoms with Gasteiger partial charge in [0.1, 0.15) is 11.6 Å². The Hall–Kier alpha value is -2.15. The third-order valence-electron chi connectivity index (χ3n) is 3.35. The molecule has 3 aromatic rings. The fourth-order valence-electron chi connectivity index (χ4n) is 2.12. The molecule has 2 aromatic carbocycles. The Morgan fingerprint density at radius 3 is 2.65 bits per heavy atom. The highest BCUT2D eigenvalue weighted by Crippen LogP contribution is 2.26. The van der Waals surface area contributed by atoms with Crippen LogP contribution < -0.4 is 10.1 Å². The maximum atomic E-state index is 12.9. The molecule has 0 aliphatic carbocycles. The summed E-state index contributed by atoms with van der Waals surface area (Å²) in [6.45, 7) is -0.176. The third kappa shape index (κ3) is 5.17. The van der Waals surface area contributed by atoms with Gasteiger partial charge < -0.3 is 4.74 Å². The Bertz CT molecular complexity index is 916. The number of carbonyl (C=O) groups is 1. The lowest BCUT2D eigenvalue weighted by Gasteiger charge is -2.06. The van der Waals surface area contributed by atoms with E-state index in [0.29, 0.717) is 27.3 Å². The Balaban J connectivity index is 1.52. The van der Waals surface area contributed by atoms with Crippen molar-refractivity contribution >= 4 is 45.6 Å². The molecule has 1 aromatic heterocycles. The number of carbonyl (C=O) groups excluding carboxylic acids is 1. The molecule has 1 heterocycles. The second kappa shape index (κ2) is 8.49. The minimum Gasteiger partial charge on any atom is -0.484 e. The summed E-state index contributed by atoms with van der Waals surface area (Å²) >= 11 is 13.1. The minimum absolute atomic E-state index is 0.176. The van der Waals surface area contributed by atoms with Gasteiger partial charge >= 0.3 is 0 Å². The first-order valence-electron chi connectivity index (χ1n) is 7.56. The fourth-order valence-corrected chi connectivity index (χ4v) is 3.27. The molecule has 0 saturated heterocycles. The lowest BCUT2D eigenvalue weighted by Crippen LogP contribution is -2.19. The molecule has 4 nitrogen and oxygen atoms in total. The first-order valence-corrected chi connectivity index (χ1v) is 9.14. The number of nitrogens with zero attached hydrogens (tertiary/aromatic N) is 1. The van der Waals surface area contributed by atoms with E-state index < -0.39 is 0 Å². The van der Waals surface area contributed by atoms with Crippen LogP contribution in [0.25, 0.3) is 0 Å². The first kappa shape index (κ1) is 18.6. The number of ether oxygens (including phenoxy) is 1. The van der Waals surface area contributed by atoms with Crippen molar-refractivity contribution in [2.75, 3.05) is 11.9 Å². The molecule has 0 fully saturated rings. The molecule has 1 N–H and O–H groups in total. The van der Waals surface area contributed by atoms with Crippen molar-refractivity contribution in [1.82, 2.24) is 4.98 Å². The zero-order chi connectivity index (χ0) is 18.5. The van der Waals surface area contributed by atoms with E-state index in [9.17, 15) is 9.18 Å². The maximum Gasteiger partial charge on any atom is 0.264 e. The van der Waals surface area contributed by atoms with Gasteiger partial charge in [0.25, 0.3) is 5.91 Å². The number of amides is 1. The molecule has 8 heteroatoms. The molecule has 1 amide bonds. The number of hydrogen-bond donors (Lipinski definition) is 1. The van der Waals surface area contributed by atoms with Crippen LogP contribution in [0.4, 0.5) is 9.52 Å². The summed E-state index contributed by atoms with van der Waals surface area (Å²) in [5, 5.41) is 3.93. The second-order valence-corrected chi connectivity index (χ2v) is 7.28. The van der Waals surface area contributed by atoms with Gasteiger partial charge in [-0.25, -0.2) is 9.37 Å². The fraction of sp³-hybridized carbons (Fsp3) is 0.111. The third-order valence-corrected chi connectivity index (χ3v) is 5.00. The van der Waals surface area contributed by atoms with Crippen LogP contribution in [-0.4, -0.2) is 17.5 Å². The maximum absolute atomic E-state index is 12.9. The Morgan fingerprint density at radius 1 is 1.15 bits per heavy atom. The molecule has 26 heavy (non-hydrogen) atoms. The van der Waals surface area contributed by atoms with Crippen molar-refractivity contribution in [2.45, 2.75) is 6.42 Å². The SMILES string of the molecule is O=C(COc1ccc(Cl)c(Cl)c1)Nc1ncc(Cc2ccc(F)cc2)s1. The van der Waals surface area contributed by atoms with Gasteiger partial charge in [0.05, 0.1) is 10.0 Å². The minimum atomic E-state index is -0.334. The smallest absolute Gasteiger partial charge is 0.264 e. The summed E-state index contributed by atoms with van der Waals surface area (Å²) in [5.41, 5.74) is 0.968. The Kier molecular flexibility index (Phi) is 6.08. The molecule has 3 rings (SSSR count). The van der Waals surface area contributed by atoms with Crippen LogP contribution in [-0.2, 0) is 11.2 Å². The second-order valence-electron chi connectivity index (χ2n) is 5.35. The van der Waals surface area contributed by atoms with E-state index in [1.165, 1.54) is 23.5 Å². The Morgan fingerprint density at radius 2 is 1.92 bits per heavy atom. The van der Waals surface area contributed by atoms with Crippen LogP contribution >= 0.6 is 34.5 Å². The largest absolute Gasteiger partial charge is 0.484 e. The summed E-state index contributed by atoms with van der Waals surface area (Å²) < 4.78 is 18.3. The average Bonchev–Trinajstić information content (AvgIpc) is 3.05. The summed E-state index contributed by atoms with van der Waals surface area (Å²) in [7, 11) is 0. The van der Waals surface area contributed by atoms with Gasteiger partial charge in [0.2, 0.25) is 0 Å². The van der Waals surface area contributed by atoms with E-state index >= 15 is 0 Å². The molecule has 0 atom stereocenters. The number of halogens is 3. The molecule has 0 spiro atoms. The predicted molar refractivity (Wildman–Crippen MR) is 102 cm³/mol. The normalized spacial score (nSPS) is 10.6. The van der Waals surface area contributed by atoms with Crippen LogP contribution in [0.15, 0.2) is 48.7 Å². The van der Waals surface area contributed by atoms with Crippen molar-refractivity contribution in [3.63, 3.8) is 0 Å². The van der Waals surface area contributed by atoms with Crippen molar-refractivity contribution in [3.8, 4) is 5.75 Å². The lowest BCUT2D eigenvalue weighted by atomic mass is 10.1. The van der Waals surface area contributed by atoms with E-state index in [1.807, 2.05) is 0 Å². The van der Waals surface area contributed by atoms with E-state index in [1.54, 1.807) is 36.5 Å². The molecule has 0 unspecified atom stereocenters. The highest BCUT2D eigenvalue weighted by molar-refractivity contribution is 7.15. The lowest BCUT2D eigenvalue weighted by molar-refractivity contribution is -0.118. The van der Waals surface area contributed by atoms with E-state index in [2.05, 4.69) is 10.3 Å². The predicted octanol–water partition coefficient (Wildman–Crippen LogP) is 5.20. The number of thiazole rings is 1. The van der Waals surface area contributed by atoms with Gasteiger partial charge in [-0.2, -0.15) is 0 Å². The van der Waals surface area contributed by atoms with Gasteiger partial charge in [-0.05, 0) is 29.8 Å². The van der Waals surface area contributed by atoms with Crippen LogP contribution in [0.3, 0.4) is 0 Å². The summed E-state index contributed by atoms with van der Waals surface area (Å²) in [4.78, 5) is 17.1. The van der Waals surface area contributed by atoms with Crippen LogP contribution in [0.1, 0.15) is 10.4 Å². The molecule has 0 radical (unpaired) electrons. The topological polar surface area (TPSA) is 51.2 Å². The van der Waals surface area contributed by atoms with E-state index in [4.69, 9.17) is 27.9 Å². The van der Waals surface area contributed by atoms with Gasteiger partial charge in [-0.1, -0.05) is 35.3 Å². The highest BCUT2D eigenvalue weighted by atomic mass is 35.5. The number of aromatic nitrogens is 1. The average molecular weight is 411 g/mol. The van der Waals surface area contributed by atoms with Crippen LogP contribution in [0.2, 0.25) is 10.0 Å². The van der Waals surface area contributed by atoms with Gasteiger partial charge in [0, 0.05) is 23.6 Å². The molecule has 134 valence electrons. The summed E-state index contributed by atoms with van der Waals surface area (Å²) in [6.07, 6.45) is 2.30. The van der Waals surface area contributed by atoms with Crippen molar-refractivity contribution in [2.24, 2.45) is 0 Å². The molecular weight excluding hydrogens is 398 g/mol. The molecule has 0 bridgehead atoms. The quantitative estimate of drug-likeness (QED) is 0.607. The monoisotopic (exact) mass is 410 g/mol. The van der Waals surface area contributed by atoms with E-state index in [0.717, 1.165) is 10.4 Å². The van der Waals surface area contributed by atoms with Gasteiger partial charge in [0.15, 0.2) is 11.7 Å². The summed E-state index contributed by atoms with van der Waals surface area (Å²) in [5.74, 6) is -0.155. The number of benzene rings is 2. The summed E-state index contributed by atoms with van der Waals surface area (Å²) in [6, 6.07) is 11.0. The molecule has 0 aliphatic rings. The van der Waals surface area contributed by atoms with E-state index in [-0.39, 0.29) is 18.3 Å². The van der Waals surface area contributed by atoms with Gasteiger partial charge in [-0.15, -0.1) is 11.3 Å². The highest BCUT2D eigenvalue weighted by Gasteiger charge is 2.09. The number of anilines is 1. The van der Waals surface area contributed by atoms with Gasteiger partial charge in [-0.3, -0.25) is 10.1 Å². The standard InChI is InChI=1S/C18H13Cl2FN2O2S/c19-15-6-5-13(8-16(15)20)25-10-17(24)23-18-22-9-14(26-18)7-11-1-3-12(21)4-2-11/h1-6,8-9H,7,10H2,(H,22,23,24). The molecule has 0 aliphatic heterocycles. The zero-order valence-corrected chi connectivity index (χ0v) is 15.7. The van der Waals surface area contributed by atoms with Crippen LogP contribution in [0.5, 0.6) is 5.75 Å². The molecule has 0 saturated carbocycles. The number of nitrogens with one attached hydrogen (secondary N) is 1. The first-order chi connectivity index (χ1) is 12.5. The zero-order valence-electron chi connectivity index (χ0n) is 13.3.